The number of hydrogen-bond acceptors (Lipinski definition) is 2. The van der Waals surface area contributed by atoms with E-state index in [1.807, 2.05) is 20.7 Å². The third-order valence-electron chi connectivity index (χ3n) is 4.44. The van der Waals surface area contributed by atoms with Crippen LogP contribution in [0.5, 0.6) is 0 Å². The molecule has 1 nitrogen and oxygen atoms in total. The Bertz CT molecular complexity index is 828. The zero-order valence-electron chi connectivity index (χ0n) is 12.4. The molecule has 0 amide bonds. The van der Waals surface area contributed by atoms with Crippen molar-refractivity contribution in [1.82, 2.24) is 4.57 Å². The van der Waals surface area contributed by atoms with Gasteiger partial charge in [-0.3, -0.25) is 0 Å². The van der Waals surface area contributed by atoms with E-state index >= 15 is 0 Å². The fraction of sp³-hybridized carbons (Fsp3) is 0.158. The van der Waals surface area contributed by atoms with Crippen LogP contribution in [0.3, 0.4) is 0 Å². The second kappa shape index (κ2) is 5.41. The maximum Gasteiger partial charge on any atom is 0.125 e. The molecule has 0 radical (unpaired) electrons. The lowest BCUT2D eigenvalue weighted by Crippen LogP contribution is -2.35. The summed E-state index contributed by atoms with van der Waals surface area (Å²) in [5.41, 5.74) is 2.56. The molecule has 0 saturated carbocycles. The molecule has 4 rings (SSSR count). The van der Waals surface area contributed by atoms with Gasteiger partial charge in [0, 0.05) is 6.20 Å². The fourth-order valence-electron chi connectivity index (χ4n) is 3.35. The van der Waals surface area contributed by atoms with Crippen molar-refractivity contribution in [2.45, 2.75) is 18.9 Å². The Morgan fingerprint density at radius 2 is 1.41 bits per heavy atom. The van der Waals surface area contributed by atoms with Gasteiger partial charge in [-0.05, 0) is 23.6 Å². The van der Waals surface area contributed by atoms with Gasteiger partial charge < -0.3 is 4.57 Å². The molecular formula is C19H17NS2. The van der Waals surface area contributed by atoms with E-state index in [-0.39, 0.29) is 5.54 Å². The van der Waals surface area contributed by atoms with Gasteiger partial charge in [0.05, 0.1) is 10.2 Å². The summed E-state index contributed by atoms with van der Waals surface area (Å²) in [6.07, 6.45) is 3.27. The van der Waals surface area contributed by atoms with Gasteiger partial charge in [0.15, 0.2) is 0 Å². The second-order valence-electron chi connectivity index (χ2n) is 5.47. The van der Waals surface area contributed by atoms with E-state index < -0.39 is 0 Å². The van der Waals surface area contributed by atoms with E-state index in [9.17, 15) is 0 Å². The number of benzene rings is 2. The summed E-state index contributed by atoms with van der Waals surface area (Å²) in [4.78, 5) is 1.39. The molecule has 110 valence electrons. The lowest BCUT2D eigenvalue weighted by Gasteiger charge is -2.36. The average Bonchev–Trinajstić information content (AvgIpc) is 2.85. The quantitative estimate of drug-likeness (QED) is 0.408. The van der Waals surface area contributed by atoms with Gasteiger partial charge in [-0.2, -0.15) is 0 Å². The van der Waals surface area contributed by atoms with Crippen LogP contribution in [0.4, 0.5) is 0 Å². The standard InChI is InChI=1S/C19H17NS2/c1-2-19(15-9-5-3-6-10-15,16-11-7-4-8-12-16)20-14-13-17-18(20)22-21-17/h3-14H,2H2,1H3. The zero-order valence-corrected chi connectivity index (χ0v) is 14.0. The van der Waals surface area contributed by atoms with Gasteiger partial charge >= 0.3 is 0 Å². The van der Waals surface area contributed by atoms with Gasteiger partial charge in [-0.25, -0.2) is 0 Å². The maximum absolute atomic E-state index is 2.47. The van der Waals surface area contributed by atoms with Crippen LogP contribution in [0.2, 0.25) is 0 Å². The molecule has 0 aliphatic rings. The Balaban J connectivity index is 2.04. The van der Waals surface area contributed by atoms with Crippen LogP contribution in [0, 0.1) is 0 Å². The lowest BCUT2D eigenvalue weighted by atomic mass is 9.80. The Hall–Kier alpha value is -1.84. The monoisotopic (exact) mass is 323 g/mol. The van der Waals surface area contributed by atoms with Crippen molar-refractivity contribution in [3.8, 4) is 0 Å². The van der Waals surface area contributed by atoms with Crippen LogP contribution < -0.4 is 0 Å². The first-order valence-electron chi connectivity index (χ1n) is 7.53. The van der Waals surface area contributed by atoms with Crippen molar-refractivity contribution in [1.29, 1.82) is 0 Å². The van der Waals surface area contributed by atoms with E-state index in [1.54, 1.807) is 0 Å². The van der Waals surface area contributed by atoms with E-state index in [4.69, 9.17) is 0 Å². The normalized spacial score (nSPS) is 12.0. The maximum atomic E-state index is 2.47. The third-order valence-corrected chi connectivity index (χ3v) is 7.00. The summed E-state index contributed by atoms with van der Waals surface area (Å²) in [6.45, 7) is 2.28. The largest absolute Gasteiger partial charge is 0.324 e. The first-order valence-corrected chi connectivity index (χ1v) is 9.68. The molecule has 4 aromatic rings. The van der Waals surface area contributed by atoms with Crippen molar-refractivity contribution in [3.63, 3.8) is 0 Å². The minimum Gasteiger partial charge on any atom is -0.324 e. The van der Waals surface area contributed by atoms with Gasteiger partial charge in [0.1, 0.15) is 4.83 Å². The predicted octanol–water partition coefficient (Wildman–Crippen LogP) is 5.97. The van der Waals surface area contributed by atoms with Gasteiger partial charge in [0.2, 0.25) is 0 Å². The highest BCUT2D eigenvalue weighted by Crippen LogP contribution is 2.43. The van der Waals surface area contributed by atoms with E-state index in [1.165, 1.54) is 20.7 Å². The van der Waals surface area contributed by atoms with Crippen molar-refractivity contribution >= 4 is 30.2 Å². The molecule has 0 bridgehead atoms. The van der Waals surface area contributed by atoms with E-state index in [0.29, 0.717) is 0 Å². The molecule has 0 saturated heterocycles. The summed E-state index contributed by atoms with van der Waals surface area (Å²) < 4.78 is 3.86. The molecule has 0 aliphatic heterocycles. The molecule has 0 spiro atoms. The highest BCUT2D eigenvalue weighted by molar-refractivity contribution is 7.78. The SMILES string of the molecule is CCC(c1ccccc1)(c1ccccc1)n1ccc2ssc21. The van der Waals surface area contributed by atoms with Crippen LogP contribution >= 0.6 is 20.7 Å². The van der Waals surface area contributed by atoms with Gasteiger partial charge in [-0.15, -0.1) is 0 Å². The first kappa shape index (κ1) is 13.8. The molecule has 2 heterocycles. The average molecular weight is 323 g/mol. The number of rotatable bonds is 4. The molecule has 2 aromatic carbocycles. The lowest BCUT2D eigenvalue weighted by molar-refractivity contribution is 0.430. The summed E-state index contributed by atoms with van der Waals surface area (Å²) >= 11 is 0. The Morgan fingerprint density at radius 3 is 1.82 bits per heavy atom. The first-order chi connectivity index (χ1) is 10.9. The molecular weight excluding hydrogens is 306 g/mol. The second-order valence-corrected chi connectivity index (χ2v) is 7.63. The minimum atomic E-state index is -0.135. The molecule has 0 aliphatic carbocycles. The highest BCUT2D eigenvalue weighted by atomic mass is 32.9. The summed E-state index contributed by atoms with van der Waals surface area (Å²) in [5.74, 6) is 0. The van der Waals surface area contributed by atoms with Crippen molar-refractivity contribution < 1.29 is 0 Å². The zero-order chi connectivity index (χ0) is 15.0. The molecule has 0 atom stereocenters. The third kappa shape index (κ3) is 1.89. The van der Waals surface area contributed by atoms with Crippen LogP contribution in [-0.4, -0.2) is 4.57 Å². The topological polar surface area (TPSA) is 4.93 Å². The molecule has 22 heavy (non-hydrogen) atoms. The molecule has 3 heteroatoms. The summed E-state index contributed by atoms with van der Waals surface area (Å²) in [6, 6.07) is 24.0. The van der Waals surface area contributed by atoms with Crippen molar-refractivity contribution in [3.05, 3.63) is 84.1 Å². The Morgan fingerprint density at radius 1 is 0.818 bits per heavy atom. The molecule has 2 aromatic heterocycles. The van der Waals surface area contributed by atoms with E-state index in [2.05, 4.69) is 84.4 Å². The predicted molar refractivity (Wildman–Crippen MR) is 97.0 cm³/mol. The Kier molecular flexibility index (Phi) is 3.40. The fourth-order valence-corrected chi connectivity index (χ4v) is 5.35. The number of nitrogens with zero attached hydrogens (tertiary/aromatic N) is 1. The van der Waals surface area contributed by atoms with E-state index in [0.717, 1.165) is 6.42 Å². The highest BCUT2D eigenvalue weighted by Gasteiger charge is 2.35. The van der Waals surface area contributed by atoms with Crippen LogP contribution in [0.1, 0.15) is 24.5 Å². The van der Waals surface area contributed by atoms with Gasteiger partial charge in [0.25, 0.3) is 0 Å². The molecule has 0 unspecified atom stereocenters. The minimum absolute atomic E-state index is 0.135. The van der Waals surface area contributed by atoms with Gasteiger partial charge in [-0.1, -0.05) is 88.3 Å². The van der Waals surface area contributed by atoms with Crippen LogP contribution in [-0.2, 0) is 5.54 Å². The molecule has 0 N–H and O–H groups in total. The van der Waals surface area contributed by atoms with Crippen LogP contribution in [0.15, 0.2) is 72.9 Å². The number of fused-ring (bicyclic) bond motifs is 1. The Labute approximate surface area is 137 Å². The van der Waals surface area contributed by atoms with Crippen LogP contribution in [0.25, 0.3) is 9.53 Å². The smallest absolute Gasteiger partial charge is 0.125 e. The number of aromatic nitrogens is 1. The summed E-state index contributed by atoms with van der Waals surface area (Å²) in [7, 11) is 3.74. The molecule has 0 fully saturated rings. The van der Waals surface area contributed by atoms with Crippen molar-refractivity contribution in [2.75, 3.05) is 0 Å². The number of hydrogen-bond donors (Lipinski definition) is 0. The summed E-state index contributed by atoms with van der Waals surface area (Å²) in [5, 5.41) is 0. The van der Waals surface area contributed by atoms with Crippen molar-refractivity contribution in [2.24, 2.45) is 0 Å².